The SMILES string of the molecule is COC(=O)C(O)c1c(C)c2c(c(Cl)c1OC)CCCC2. The molecule has 0 bridgehead atoms. The summed E-state index contributed by atoms with van der Waals surface area (Å²) >= 11 is 6.41. The third kappa shape index (κ3) is 2.38. The van der Waals surface area contributed by atoms with E-state index in [1.165, 1.54) is 14.2 Å². The monoisotopic (exact) mass is 298 g/mol. The van der Waals surface area contributed by atoms with Gasteiger partial charge in [0.15, 0.2) is 6.10 Å². The van der Waals surface area contributed by atoms with Crippen LogP contribution in [0.25, 0.3) is 0 Å². The number of fused-ring (bicyclic) bond motifs is 1. The molecule has 110 valence electrons. The number of aliphatic hydroxyl groups is 1. The van der Waals surface area contributed by atoms with E-state index in [9.17, 15) is 9.90 Å². The van der Waals surface area contributed by atoms with E-state index < -0.39 is 12.1 Å². The van der Waals surface area contributed by atoms with Crippen LogP contribution in [0.15, 0.2) is 0 Å². The minimum atomic E-state index is -1.38. The molecule has 2 rings (SSSR count). The van der Waals surface area contributed by atoms with Crippen LogP contribution in [0.2, 0.25) is 5.02 Å². The molecule has 1 unspecified atom stereocenters. The standard InChI is InChI=1S/C15H19ClO4/c1-8-9-6-4-5-7-10(9)12(16)14(19-2)11(8)13(17)15(18)20-3/h13,17H,4-7H2,1-3H3. The molecule has 1 aliphatic carbocycles. The third-order valence-corrected chi connectivity index (χ3v) is 4.34. The number of halogens is 1. The lowest BCUT2D eigenvalue weighted by Crippen LogP contribution is -2.18. The van der Waals surface area contributed by atoms with E-state index in [4.69, 9.17) is 16.3 Å². The van der Waals surface area contributed by atoms with Gasteiger partial charge < -0.3 is 14.6 Å². The normalized spacial score (nSPS) is 15.4. The van der Waals surface area contributed by atoms with E-state index in [2.05, 4.69) is 4.74 Å². The van der Waals surface area contributed by atoms with Gasteiger partial charge >= 0.3 is 5.97 Å². The molecule has 20 heavy (non-hydrogen) atoms. The number of benzene rings is 1. The zero-order chi connectivity index (χ0) is 14.9. The van der Waals surface area contributed by atoms with Crippen LogP contribution in [0, 0.1) is 6.92 Å². The van der Waals surface area contributed by atoms with Gasteiger partial charge in [0.2, 0.25) is 0 Å². The number of aliphatic hydroxyl groups excluding tert-OH is 1. The van der Waals surface area contributed by atoms with Gasteiger partial charge in [-0.05, 0) is 49.3 Å². The van der Waals surface area contributed by atoms with E-state index >= 15 is 0 Å². The Labute approximate surface area is 123 Å². The highest BCUT2D eigenvalue weighted by molar-refractivity contribution is 6.33. The molecule has 0 saturated carbocycles. The zero-order valence-electron chi connectivity index (χ0n) is 12.0. The highest BCUT2D eigenvalue weighted by Gasteiger charge is 2.30. The fourth-order valence-electron chi connectivity index (χ4n) is 2.91. The molecule has 0 heterocycles. The van der Waals surface area contributed by atoms with Crippen molar-refractivity contribution in [2.45, 2.75) is 38.7 Å². The number of hydrogen-bond donors (Lipinski definition) is 1. The summed E-state index contributed by atoms with van der Waals surface area (Å²) in [5, 5.41) is 10.7. The Morgan fingerprint density at radius 2 is 1.85 bits per heavy atom. The molecule has 1 atom stereocenters. The Morgan fingerprint density at radius 3 is 2.40 bits per heavy atom. The molecular weight excluding hydrogens is 280 g/mol. The minimum absolute atomic E-state index is 0.378. The second-order valence-corrected chi connectivity index (χ2v) is 5.35. The van der Waals surface area contributed by atoms with Crippen molar-refractivity contribution in [3.05, 3.63) is 27.3 Å². The number of ether oxygens (including phenoxy) is 2. The predicted molar refractivity (Wildman–Crippen MR) is 76.4 cm³/mol. The fourth-order valence-corrected chi connectivity index (χ4v) is 3.30. The van der Waals surface area contributed by atoms with Crippen LogP contribution >= 0.6 is 11.6 Å². The van der Waals surface area contributed by atoms with Crippen molar-refractivity contribution in [2.24, 2.45) is 0 Å². The summed E-state index contributed by atoms with van der Waals surface area (Å²) in [5.74, 6) is -0.332. The van der Waals surface area contributed by atoms with E-state index in [-0.39, 0.29) is 0 Å². The molecule has 0 radical (unpaired) electrons. The maximum absolute atomic E-state index is 11.6. The first-order valence-corrected chi connectivity index (χ1v) is 7.04. The Bertz CT molecular complexity index is 539. The molecule has 4 nitrogen and oxygen atoms in total. The zero-order valence-corrected chi connectivity index (χ0v) is 12.7. The smallest absolute Gasteiger partial charge is 0.339 e. The first kappa shape index (κ1) is 15.1. The first-order chi connectivity index (χ1) is 9.52. The Morgan fingerprint density at radius 1 is 1.25 bits per heavy atom. The molecular formula is C15H19ClO4. The van der Waals surface area contributed by atoms with Crippen LogP contribution in [-0.4, -0.2) is 25.3 Å². The van der Waals surface area contributed by atoms with Gasteiger partial charge in [0, 0.05) is 5.56 Å². The van der Waals surface area contributed by atoms with Gasteiger partial charge in [0.05, 0.1) is 19.2 Å². The summed E-state index contributed by atoms with van der Waals surface area (Å²) in [7, 11) is 2.73. The van der Waals surface area contributed by atoms with Gasteiger partial charge in [-0.3, -0.25) is 0 Å². The van der Waals surface area contributed by atoms with Crippen molar-refractivity contribution in [3.8, 4) is 5.75 Å². The van der Waals surface area contributed by atoms with Crippen LogP contribution in [0.5, 0.6) is 5.75 Å². The summed E-state index contributed by atoms with van der Waals surface area (Å²) in [6.45, 7) is 1.89. The Kier molecular flexibility index (Phi) is 4.55. The molecule has 0 fully saturated rings. The van der Waals surface area contributed by atoms with Gasteiger partial charge in [-0.2, -0.15) is 0 Å². The number of methoxy groups -OCH3 is 2. The summed E-state index contributed by atoms with van der Waals surface area (Å²) in [4.78, 5) is 11.6. The van der Waals surface area contributed by atoms with Gasteiger partial charge in [0.1, 0.15) is 5.75 Å². The molecule has 0 aromatic heterocycles. The molecule has 0 saturated heterocycles. The predicted octanol–water partition coefficient (Wildman–Crippen LogP) is 2.74. The van der Waals surface area contributed by atoms with E-state index in [0.717, 1.165) is 42.4 Å². The van der Waals surface area contributed by atoms with Crippen LogP contribution in [0.3, 0.4) is 0 Å². The van der Waals surface area contributed by atoms with Crippen LogP contribution in [0.1, 0.15) is 41.2 Å². The van der Waals surface area contributed by atoms with Crippen LogP contribution in [-0.2, 0) is 22.4 Å². The first-order valence-electron chi connectivity index (χ1n) is 6.66. The van der Waals surface area contributed by atoms with Crippen LogP contribution in [0.4, 0.5) is 0 Å². The van der Waals surface area contributed by atoms with Crippen molar-refractivity contribution in [2.75, 3.05) is 14.2 Å². The molecule has 0 spiro atoms. The molecule has 1 N–H and O–H groups in total. The van der Waals surface area contributed by atoms with Gasteiger partial charge in [-0.15, -0.1) is 0 Å². The van der Waals surface area contributed by atoms with E-state index in [1.54, 1.807) is 0 Å². The van der Waals surface area contributed by atoms with E-state index in [1.807, 2.05) is 6.92 Å². The average Bonchev–Trinajstić information content (AvgIpc) is 2.49. The summed E-state index contributed by atoms with van der Waals surface area (Å²) in [5.41, 5.74) is 3.50. The topological polar surface area (TPSA) is 55.8 Å². The molecule has 1 aliphatic rings. The third-order valence-electron chi connectivity index (χ3n) is 3.94. The molecule has 5 heteroatoms. The van der Waals surface area contributed by atoms with Crippen molar-refractivity contribution in [3.63, 3.8) is 0 Å². The highest BCUT2D eigenvalue weighted by atomic mass is 35.5. The van der Waals surface area contributed by atoms with Gasteiger partial charge in [-0.25, -0.2) is 4.79 Å². The van der Waals surface area contributed by atoms with Crippen LogP contribution < -0.4 is 4.74 Å². The maximum atomic E-state index is 11.6. The van der Waals surface area contributed by atoms with Gasteiger partial charge in [0.25, 0.3) is 0 Å². The van der Waals surface area contributed by atoms with E-state index in [0.29, 0.717) is 16.3 Å². The highest BCUT2D eigenvalue weighted by Crippen LogP contribution is 2.43. The lowest BCUT2D eigenvalue weighted by atomic mass is 9.84. The number of carbonyl (C=O) groups is 1. The second-order valence-electron chi connectivity index (χ2n) is 4.98. The lowest BCUT2D eigenvalue weighted by molar-refractivity contribution is -0.150. The fraction of sp³-hybridized carbons (Fsp3) is 0.533. The quantitative estimate of drug-likeness (QED) is 0.872. The molecule has 1 aromatic carbocycles. The summed E-state index contributed by atoms with van der Waals surface area (Å²) in [6, 6.07) is 0. The number of rotatable bonds is 3. The van der Waals surface area contributed by atoms with Crippen molar-refractivity contribution in [1.82, 2.24) is 0 Å². The largest absolute Gasteiger partial charge is 0.495 e. The van der Waals surface area contributed by atoms with Crippen molar-refractivity contribution >= 4 is 17.6 Å². The minimum Gasteiger partial charge on any atom is -0.495 e. The Hall–Kier alpha value is -1.26. The molecule has 0 aliphatic heterocycles. The second kappa shape index (κ2) is 6.02. The van der Waals surface area contributed by atoms with Gasteiger partial charge in [-0.1, -0.05) is 11.6 Å². The number of esters is 1. The number of carbonyl (C=O) groups excluding carboxylic acids is 1. The number of hydrogen-bond acceptors (Lipinski definition) is 4. The Balaban J connectivity index is 2.66. The lowest BCUT2D eigenvalue weighted by Gasteiger charge is -2.26. The molecule has 0 amide bonds. The van der Waals surface area contributed by atoms with Crippen molar-refractivity contribution in [1.29, 1.82) is 0 Å². The maximum Gasteiger partial charge on any atom is 0.339 e. The summed E-state index contributed by atoms with van der Waals surface area (Å²) in [6.07, 6.45) is 2.61. The average molecular weight is 299 g/mol. The molecule has 1 aromatic rings. The van der Waals surface area contributed by atoms with Crippen molar-refractivity contribution < 1.29 is 19.4 Å². The summed E-state index contributed by atoms with van der Waals surface area (Å²) < 4.78 is 9.96.